The molecule has 0 saturated heterocycles. The number of hydrogen-bond acceptors (Lipinski definition) is 3. The molecule has 2 aromatic rings. The van der Waals surface area contributed by atoms with Crippen LogP contribution in [0.25, 0.3) is 0 Å². The van der Waals surface area contributed by atoms with E-state index in [9.17, 15) is 4.79 Å². The van der Waals surface area contributed by atoms with E-state index >= 15 is 0 Å². The van der Waals surface area contributed by atoms with Crippen LogP contribution in [-0.4, -0.2) is 17.6 Å². The van der Waals surface area contributed by atoms with Crippen LogP contribution in [0, 0.1) is 0 Å². The maximum Gasteiger partial charge on any atom is 0.305 e. The van der Waals surface area contributed by atoms with E-state index in [4.69, 9.17) is 9.84 Å². The highest BCUT2D eigenvalue weighted by Gasteiger charge is 2.04. The summed E-state index contributed by atoms with van der Waals surface area (Å²) < 4.78 is 5.76. The molecule has 19 heavy (non-hydrogen) atoms. The number of rotatable bonds is 6. The molecule has 2 rings (SSSR count). The number of carboxylic acid groups (broad SMARTS) is 1. The van der Waals surface area contributed by atoms with Gasteiger partial charge in [-0.25, -0.2) is 0 Å². The lowest BCUT2D eigenvalue weighted by Crippen LogP contribution is -2.08. The zero-order valence-corrected chi connectivity index (χ0v) is 10.4. The van der Waals surface area contributed by atoms with Crippen LogP contribution >= 0.6 is 0 Å². The zero-order chi connectivity index (χ0) is 13.5. The summed E-state index contributed by atoms with van der Waals surface area (Å²) in [5.74, 6) is 0.600. The lowest BCUT2D eigenvalue weighted by Gasteiger charge is -2.12. The van der Waals surface area contributed by atoms with Gasteiger partial charge in [0.05, 0.1) is 12.1 Å². The Hall–Kier alpha value is -2.49. The molecule has 4 nitrogen and oxygen atoms in total. The molecule has 0 heterocycles. The first kappa shape index (κ1) is 13.0. The molecule has 0 amide bonds. The van der Waals surface area contributed by atoms with Crippen LogP contribution in [0.2, 0.25) is 0 Å². The summed E-state index contributed by atoms with van der Waals surface area (Å²) in [4.78, 5) is 10.5. The number of para-hydroxylation sites is 3. The Kier molecular flexibility index (Phi) is 4.39. The molecule has 0 aliphatic rings. The van der Waals surface area contributed by atoms with E-state index in [1.165, 1.54) is 0 Å². The molecule has 0 spiro atoms. The van der Waals surface area contributed by atoms with Crippen molar-refractivity contribution in [2.75, 3.05) is 11.9 Å². The Bertz CT molecular complexity index is 540. The third-order valence-corrected chi connectivity index (χ3v) is 2.51. The van der Waals surface area contributed by atoms with Gasteiger partial charge in [-0.15, -0.1) is 0 Å². The molecule has 0 bridgehead atoms. The predicted molar refractivity (Wildman–Crippen MR) is 73.7 cm³/mol. The fourth-order valence-electron chi connectivity index (χ4n) is 1.62. The lowest BCUT2D eigenvalue weighted by atomic mass is 10.2. The third kappa shape index (κ3) is 4.03. The summed E-state index contributed by atoms with van der Waals surface area (Å²) in [5, 5.41) is 11.7. The Labute approximate surface area is 111 Å². The second-order valence-corrected chi connectivity index (χ2v) is 3.98. The number of anilines is 1. The summed E-state index contributed by atoms with van der Waals surface area (Å²) in [6.45, 7) is 0.366. The molecule has 2 N–H and O–H groups in total. The SMILES string of the molecule is O=C(O)CCNc1ccccc1Oc1ccccc1. The molecular weight excluding hydrogens is 242 g/mol. The first-order valence-corrected chi connectivity index (χ1v) is 6.03. The highest BCUT2D eigenvalue weighted by Crippen LogP contribution is 2.28. The van der Waals surface area contributed by atoms with Gasteiger partial charge >= 0.3 is 5.97 Å². The monoisotopic (exact) mass is 257 g/mol. The van der Waals surface area contributed by atoms with Gasteiger partial charge in [-0.3, -0.25) is 4.79 Å². The molecule has 0 fully saturated rings. The standard InChI is InChI=1S/C15H15NO3/c17-15(18)10-11-16-13-8-4-5-9-14(13)19-12-6-2-1-3-7-12/h1-9,16H,10-11H2,(H,17,18). The zero-order valence-electron chi connectivity index (χ0n) is 10.4. The molecule has 0 unspecified atom stereocenters. The highest BCUT2D eigenvalue weighted by atomic mass is 16.5. The van der Waals surface area contributed by atoms with Gasteiger partial charge in [0.25, 0.3) is 0 Å². The van der Waals surface area contributed by atoms with Crippen LogP contribution in [0.3, 0.4) is 0 Å². The largest absolute Gasteiger partial charge is 0.481 e. The Morgan fingerprint density at radius 3 is 2.47 bits per heavy atom. The van der Waals surface area contributed by atoms with Crippen LogP contribution in [0.1, 0.15) is 6.42 Å². The molecule has 0 aliphatic carbocycles. The average molecular weight is 257 g/mol. The van der Waals surface area contributed by atoms with Gasteiger partial charge in [0.15, 0.2) is 5.75 Å². The van der Waals surface area contributed by atoms with Gasteiger partial charge in [-0.1, -0.05) is 30.3 Å². The third-order valence-electron chi connectivity index (χ3n) is 2.51. The minimum atomic E-state index is -0.825. The van der Waals surface area contributed by atoms with E-state index in [1.807, 2.05) is 54.6 Å². The number of aliphatic carboxylic acids is 1. The van der Waals surface area contributed by atoms with Crippen LogP contribution in [0.4, 0.5) is 5.69 Å². The maximum absolute atomic E-state index is 10.5. The predicted octanol–water partition coefficient (Wildman–Crippen LogP) is 3.37. The quantitative estimate of drug-likeness (QED) is 0.833. The molecule has 4 heteroatoms. The molecule has 0 atom stereocenters. The molecular formula is C15H15NO3. The van der Waals surface area contributed by atoms with Crippen LogP contribution in [-0.2, 0) is 4.79 Å². The Morgan fingerprint density at radius 2 is 1.74 bits per heavy atom. The fraction of sp³-hybridized carbons (Fsp3) is 0.133. The van der Waals surface area contributed by atoms with E-state index in [-0.39, 0.29) is 6.42 Å². The van der Waals surface area contributed by atoms with E-state index in [1.54, 1.807) is 0 Å². The molecule has 0 saturated carbocycles. The molecule has 2 aromatic carbocycles. The van der Waals surface area contributed by atoms with E-state index in [2.05, 4.69) is 5.32 Å². The number of benzene rings is 2. The average Bonchev–Trinajstić information content (AvgIpc) is 2.41. The van der Waals surface area contributed by atoms with Crippen molar-refractivity contribution in [3.63, 3.8) is 0 Å². The first-order chi connectivity index (χ1) is 9.25. The number of carboxylic acids is 1. The van der Waals surface area contributed by atoms with Gasteiger partial charge < -0.3 is 15.2 Å². The second-order valence-electron chi connectivity index (χ2n) is 3.98. The minimum absolute atomic E-state index is 0.0691. The lowest BCUT2D eigenvalue weighted by molar-refractivity contribution is -0.136. The summed E-state index contributed by atoms with van der Waals surface area (Å²) in [6.07, 6.45) is 0.0691. The normalized spacial score (nSPS) is 9.89. The highest BCUT2D eigenvalue weighted by molar-refractivity contribution is 5.68. The van der Waals surface area contributed by atoms with Gasteiger partial charge in [0.1, 0.15) is 5.75 Å². The summed E-state index contributed by atoms with van der Waals surface area (Å²) in [5.41, 5.74) is 0.785. The minimum Gasteiger partial charge on any atom is -0.481 e. The summed E-state index contributed by atoms with van der Waals surface area (Å²) in [6, 6.07) is 16.9. The van der Waals surface area contributed by atoms with Crippen molar-refractivity contribution in [2.45, 2.75) is 6.42 Å². The molecule has 0 aromatic heterocycles. The summed E-state index contributed by atoms with van der Waals surface area (Å²) >= 11 is 0. The fourth-order valence-corrected chi connectivity index (χ4v) is 1.62. The Balaban J connectivity index is 2.06. The van der Waals surface area contributed by atoms with Gasteiger partial charge in [0, 0.05) is 6.54 Å². The van der Waals surface area contributed by atoms with Crippen molar-refractivity contribution in [1.82, 2.24) is 0 Å². The molecule has 0 aliphatic heterocycles. The van der Waals surface area contributed by atoms with Crippen molar-refractivity contribution in [2.24, 2.45) is 0 Å². The maximum atomic E-state index is 10.5. The number of nitrogens with one attached hydrogen (secondary N) is 1. The van der Waals surface area contributed by atoms with Gasteiger partial charge in [-0.2, -0.15) is 0 Å². The second kappa shape index (κ2) is 6.44. The Morgan fingerprint density at radius 1 is 1.05 bits per heavy atom. The first-order valence-electron chi connectivity index (χ1n) is 6.03. The van der Waals surface area contributed by atoms with Crippen LogP contribution in [0.5, 0.6) is 11.5 Å². The number of ether oxygens (including phenoxy) is 1. The van der Waals surface area contributed by atoms with Crippen LogP contribution < -0.4 is 10.1 Å². The number of hydrogen-bond donors (Lipinski definition) is 2. The van der Waals surface area contributed by atoms with Gasteiger partial charge in [0.2, 0.25) is 0 Å². The van der Waals surface area contributed by atoms with Crippen molar-refractivity contribution in [3.8, 4) is 11.5 Å². The van der Waals surface area contributed by atoms with Gasteiger partial charge in [-0.05, 0) is 24.3 Å². The number of carbonyl (C=O) groups is 1. The topological polar surface area (TPSA) is 58.6 Å². The van der Waals surface area contributed by atoms with Crippen molar-refractivity contribution < 1.29 is 14.6 Å². The van der Waals surface area contributed by atoms with Crippen LogP contribution in [0.15, 0.2) is 54.6 Å². The van der Waals surface area contributed by atoms with Crippen molar-refractivity contribution >= 4 is 11.7 Å². The van der Waals surface area contributed by atoms with E-state index < -0.39 is 5.97 Å². The van der Waals surface area contributed by atoms with E-state index in [0.29, 0.717) is 12.3 Å². The van der Waals surface area contributed by atoms with E-state index in [0.717, 1.165) is 11.4 Å². The summed E-state index contributed by atoms with van der Waals surface area (Å²) in [7, 11) is 0. The molecule has 98 valence electrons. The molecule has 0 radical (unpaired) electrons. The van der Waals surface area contributed by atoms with Crippen molar-refractivity contribution in [3.05, 3.63) is 54.6 Å². The van der Waals surface area contributed by atoms with Crippen molar-refractivity contribution in [1.29, 1.82) is 0 Å². The smallest absolute Gasteiger partial charge is 0.305 e.